The third-order valence-electron chi connectivity index (χ3n) is 2.30. The van der Waals surface area contributed by atoms with Crippen LogP contribution in [0.1, 0.15) is 30.5 Å². The Balaban J connectivity index is 3.13. The third-order valence-corrected chi connectivity index (χ3v) is 2.30. The van der Waals surface area contributed by atoms with Gasteiger partial charge in [-0.15, -0.1) is 0 Å². The second kappa shape index (κ2) is 4.24. The highest BCUT2D eigenvalue weighted by molar-refractivity contribution is 5.62. The van der Waals surface area contributed by atoms with Crippen LogP contribution in [-0.4, -0.2) is 0 Å². The summed E-state index contributed by atoms with van der Waals surface area (Å²) in [6.45, 7) is 8.69. The molecular formula is C12H17N. The van der Waals surface area contributed by atoms with Crippen LogP contribution in [0, 0.1) is 0 Å². The summed E-state index contributed by atoms with van der Waals surface area (Å²) in [6.07, 6.45) is 1.04. The fourth-order valence-corrected chi connectivity index (χ4v) is 1.43. The van der Waals surface area contributed by atoms with E-state index in [-0.39, 0.29) is 0 Å². The zero-order valence-corrected chi connectivity index (χ0v) is 8.43. The monoisotopic (exact) mass is 175 g/mol. The van der Waals surface area contributed by atoms with E-state index in [9.17, 15) is 0 Å². The fourth-order valence-electron chi connectivity index (χ4n) is 1.43. The summed E-state index contributed by atoms with van der Waals surface area (Å²) in [7, 11) is 0. The van der Waals surface area contributed by atoms with E-state index >= 15 is 0 Å². The van der Waals surface area contributed by atoms with Crippen molar-refractivity contribution in [1.82, 2.24) is 0 Å². The Morgan fingerprint density at radius 3 is 2.54 bits per heavy atom. The van der Waals surface area contributed by atoms with Gasteiger partial charge in [0.25, 0.3) is 0 Å². The van der Waals surface area contributed by atoms with E-state index in [1.165, 1.54) is 16.7 Å². The van der Waals surface area contributed by atoms with E-state index in [0.29, 0.717) is 6.54 Å². The SMILES string of the molecule is C=C(C)c1ccc(CC)c(CN)c1. The van der Waals surface area contributed by atoms with Gasteiger partial charge >= 0.3 is 0 Å². The molecule has 1 aromatic carbocycles. The summed E-state index contributed by atoms with van der Waals surface area (Å²) < 4.78 is 0. The molecule has 0 aliphatic heterocycles. The molecule has 0 radical (unpaired) electrons. The molecule has 1 aromatic rings. The van der Waals surface area contributed by atoms with Crippen molar-refractivity contribution in [3.05, 3.63) is 41.5 Å². The third kappa shape index (κ3) is 2.19. The maximum atomic E-state index is 5.67. The van der Waals surface area contributed by atoms with Crippen LogP contribution >= 0.6 is 0 Å². The minimum atomic E-state index is 0.615. The summed E-state index contributed by atoms with van der Waals surface area (Å²) in [5.41, 5.74) is 10.5. The molecule has 0 aromatic heterocycles. The molecule has 0 bridgehead atoms. The molecule has 0 aliphatic rings. The van der Waals surface area contributed by atoms with Gasteiger partial charge in [0.15, 0.2) is 0 Å². The Morgan fingerprint density at radius 1 is 1.38 bits per heavy atom. The van der Waals surface area contributed by atoms with E-state index in [4.69, 9.17) is 5.73 Å². The normalized spacial score (nSPS) is 10.1. The van der Waals surface area contributed by atoms with Crippen molar-refractivity contribution in [2.24, 2.45) is 5.73 Å². The highest BCUT2D eigenvalue weighted by atomic mass is 14.5. The molecule has 13 heavy (non-hydrogen) atoms. The smallest absolute Gasteiger partial charge is 0.0181 e. The van der Waals surface area contributed by atoms with Gasteiger partial charge in [-0.2, -0.15) is 0 Å². The van der Waals surface area contributed by atoms with Crippen LogP contribution in [0.2, 0.25) is 0 Å². The van der Waals surface area contributed by atoms with E-state index in [0.717, 1.165) is 12.0 Å². The lowest BCUT2D eigenvalue weighted by molar-refractivity contribution is 1.00. The number of allylic oxidation sites excluding steroid dienone is 1. The number of rotatable bonds is 3. The highest BCUT2D eigenvalue weighted by Crippen LogP contribution is 2.17. The van der Waals surface area contributed by atoms with Crippen LogP contribution in [0.25, 0.3) is 5.57 Å². The van der Waals surface area contributed by atoms with Crippen molar-refractivity contribution >= 4 is 5.57 Å². The number of nitrogens with two attached hydrogens (primary N) is 1. The lowest BCUT2D eigenvalue weighted by Gasteiger charge is -2.08. The first-order valence-electron chi connectivity index (χ1n) is 4.66. The molecule has 0 spiro atoms. The van der Waals surface area contributed by atoms with Crippen molar-refractivity contribution < 1.29 is 0 Å². The molecule has 0 fully saturated rings. The Kier molecular flexibility index (Phi) is 3.26. The maximum absolute atomic E-state index is 5.67. The molecule has 0 saturated heterocycles. The van der Waals surface area contributed by atoms with Gasteiger partial charge in [-0.05, 0) is 36.1 Å². The Hall–Kier alpha value is -1.08. The minimum Gasteiger partial charge on any atom is -0.326 e. The summed E-state index contributed by atoms with van der Waals surface area (Å²) in [5, 5.41) is 0. The van der Waals surface area contributed by atoms with Crippen molar-refractivity contribution in [3.8, 4) is 0 Å². The van der Waals surface area contributed by atoms with Gasteiger partial charge in [0.1, 0.15) is 0 Å². The number of hydrogen-bond acceptors (Lipinski definition) is 1. The van der Waals surface area contributed by atoms with Crippen molar-refractivity contribution in [2.75, 3.05) is 0 Å². The van der Waals surface area contributed by atoms with Crippen LogP contribution in [-0.2, 0) is 13.0 Å². The topological polar surface area (TPSA) is 26.0 Å². The zero-order valence-electron chi connectivity index (χ0n) is 8.43. The van der Waals surface area contributed by atoms with Crippen LogP contribution in [0.3, 0.4) is 0 Å². The minimum absolute atomic E-state index is 0.615. The standard InChI is InChI=1S/C12H17N/c1-4-10-5-6-11(9(2)3)7-12(10)8-13/h5-7H,2,4,8,13H2,1,3H3. The molecule has 1 heteroatoms. The molecule has 0 saturated carbocycles. The average molecular weight is 175 g/mol. The van der Waals surface area contributed by atoms with Crippen LogP contribution in [0.15, 0.2) is 24.8 Å². The molecule has 0 unspecified atom stereocenters. The first-order valence-corrected chi connectivity index (χ1v) is 4.66. The molecule has 70 valence electrons. The van der Waals surface area contributed by atoms with Crippen LogP contribution in [0.4, 0.5) is 0 Å². The van der Waals surface area contributed by atoms with Gasteiger partial charge in [-0.25, -0.2) is 0 Å². The molecule has 0 heterocycles. The fraction of sp³-hybridized carbons (Fsp3) is 0.333. The number of aryl methyl sites for hydroxylation is 1. The molecular weight excluding hydrogens is 158 g/mol. The second-order valence-corrected chi connectivity index (χ2v) is 3.32. The molecule has 2 N–H and O–H groups in total. The van der Waals surface area contributed by atoms with Crippen molar-refractivity contribution in [1.29, 1.82) is 0 Å². The summed E-state index contributed by atoms with van der Waals surface area (Å²) in [4.78, 5) is 0. The zero-order chi connectivity index (χ0) is 9.84. The molecule has 1 rings (SSSR count). The van der Waals surface area contributed by atoms with Crippen LogP contribution < -0.4 is 5.73 Å². The molecule has 0 aliphatic carbocycles. The van der Waals surface area contributed by atoms with E-state index in [2.05, 4.69) is 31.7 Å². The van der Waals surface area contributed by atoms with Crippen molar-refractivity contribution in [3.63, 3.8) is 0 Å². The Morgan fingerprint density at radius 2 is 2.08 bits per heavy atom. The molecule has 0 amide bonds. The van der Waals surface area contributed by atoms with Gasteiger partial charge in [-0.1, -0.05) is 31.2 Å². The second-order valence-electron chi connectivity index (χ2n) is 3.32. The van der Waals surface area contributed by atoms with Crippen LogP contribution in [0.5, 0.6) is 0 Å². The average Bonchev–Trinajstić information content (AvgIpc) is 2.16. The first kappa shape index (κ1) is 10.0. The molecule has 1 nitrogen and oxygen atoms in total. The predicted molar refractivity (Wildman–Crippen MR) is 58.4 cm³/mol. The lowest BCUT2D eigenvalue weighted by atomic mass is 9.99. The van der Waals surface area contributed by atoms with E-state index in [1.807, 2.05) is 6.92 Å². The van der Waals surface area contributed by atoms with Gasteiger partial charge in [0, 0.05) is 6.54 Å². The summed E-state index contributed by atoms with van der Waals surface area (Å²) in [5.74, 6) is 0. The maximum Gasteiger partial charge on any atom is 0.0181 e. The quantitative estimate of drug-likeness (QED) is 0.751. The van der Waals surface area contributed by atoms with Gasteiger partial charge in [0.05, 0.1) is 0 Å². The largest absolute Gasteiger partial charge is 0.326 e. The van der Waals surface area contributed by atoms with Crippen molar-refractivity contribution in [2.45, 2.75) is 26.8 Å². The van der Waals surface area contributed by atoms with Gasteiger partial charge in [0.2, 0.25) is 0 Å². The van der Waals surface area contributed by atoms with E-state index in [1.54, 1.807) is 0 Å². The Labute approximate surface area is 80.3 Å². The van der Waals surface area contributed by atoms with Gasteiger partial charge < -0.3 is 5.73 Å². The first-order chi connectivity index (χ1) is 6.19. The van der Waals surface area contributed by atoms with Gasteiger partial charge in [-0.3, -0.25) is 0 Å². The number of hydrogen-bond donors (Lipinski definition) is 1. The Bertz CT molecular complexity index is 313. The molecule has 0 atom stereocenters. The summed E-state index contributed by atoms with van der Waals surface area (Å²) in [6, 6.07) is 6.40. The van der Waals surface area contributed by atoms with E-state index < -0.39 is 0 Å². The summed E-state index contributed by atoms with van der Waals surface area (Å²) >= 11 is 0. The number of benzene rings is 1. The highest BCUT2D eigenvalue weighted by Gasteiger charge is 2.00. The lowest BCUT2D eigenvalue weighted by Crippen LogP contribution is -2.01. The predicted octanol–water partition coefficient (Wildman–Crippen LogP) is 2.74.